The third kappa shape index (κ3) is 2.62. The molecule has 0 radical (unpaired) electrons. The minimum Gasteiger partial charge on any atom is -0.497 e. The maximum Gasteiger partial charge on any atom is 0.344 e. The first-order chi connectivity index (χ1) is 14.1. The number of aryl methyl sites for hydroxylation is 1. The molecule has 144 valence electrons. The summed E-state index contributed by atoms with van der Waals surface area (Å²) in [7, 11) is 1.58. The van der Waals surface area contributed by atoms with Gasteiger partial charge in [0.05, 0.1) is 29.5 Å². The van der Waals surface area contributed by atoms with Crippen LogP contribution >= 0.6 is 0 Å². The molecular weight excluding hydrogens is 372 g/mol. The Balaban J connectivity index is 1.88. The molecule has 1 aliphatic rings. The number of hydrogen-bond acceptors (Lipinski definition) is 6. The number of rotatable bonds is 2. The molecule has 0 spiro atoms. The molecule has 4 aromatic rings. The highest BCUT2D eigenvalue weighted by Crippen LogP contribution is 2.46. The van der Waals surface area contributed by atoms with E-state index in [1.165, 1.54) is 0 Å². The van der Waals surface area contributed by atoms with Gasteiger partial charge in [-0.2, -0.15) is 4.98 Å². The molecular formula is C22H16N2O5. The lowest BCUT2D eigenvalue weighted by Crippen LogP contribution is -2.28. The summed E-state index contributed by atoms with van der Waals surface area (Å²) in [5.74, 6) is 0.969. The van der Waals surface area contributed by atoms with E-state index < -0.39 is 11.5 Å². The Labute approximate surface area is 164 Å². The van der Waals surface area contributed by atoms with E-state index in [4.69, 9.17) is 13.9 Å². The fraction of sp³-hybridized carbons (Fsp3) is 0.136. The first kappa shape index (κ1) is 17.2. The summed E-state index contributed by atoms with van der Waals surface area (Å²) in [4.78, 5) is 32.9. The SMILES string of the molecule is COc1ccc([C@H]2c3c(nc(C)[nH]c3=O)Oc3c2c(=O)oc2ccccc32)cc1. The monoisotopic (exact) mass is 388 g/mol. The van der Waals surface area contributed by atoms with Crippen LogP contribution in [0.25, 0.3) is 11.0 Å². The number of nitrogens with zero attached hydrogens (tertiary/aromatic N) is 1. The second-order valence-corrected chi connectivity index (χ2v) is 6.81. The van der Waals surface area contributed by atoms with E-state index in [-0.39, 0.29) is 22.6 Å². The largest absolute Gasteiger partial charge is 0.497 e. The van der Waals surface area contributed by atoms with Crippen molar-refractivity contribution < 1.29 is 13.9 Å². The van der Waals surface area contributed by atoms with Gasteiger partial charge in [-0.15, -0.1) is 0 Å². The summed E-state index contributed by atoms with van der Waals surface area (Å²) in [5, 5.41) is 0.644. The molecule has 2 aromatic carbocycles. The lowest BCUT2D eigenvalue weighted by Gasteiger charge is -2.26. The molecule has 0 saturated carbocycles. The normalized spacial score (nSPS) is 14.8. The summed E-state index contributed by atoms with van der Waals surface area (Å²) in [6, 6.07) is 14.3. The highest BCUT2D eigenvalue weighted by Gasteiger charge is 2.37. The van der Waals surface area contributed by atoms with Gasteiger partial charge in [0.25, 0.3) is 5.56 Å². The van der Waals surface area contributed by atoms with Crippen LogP contribution in [0.4, 0.5) is 0 Å². The molecule has 1 aliphatic heterocycles. The molecule has 29 heavy (non-hydrogen) atoms. The van der Waals surface area contributed by atoms with Crippen molar-refractivity contribution in [1.82, 2.24) is 9.97 Å². The van der Waals surface area contributed by atoms with Crippen molar-refractivity contribution >= 4 is 11.0 Å². The van der Waals surface area contributed by atoms with Gasteiger partial charge in [0.2, 0.25) is 5.88 Å². The number of nitrogens with one attached hydrogen (secondary N) is 1. The smallest absolute Gasteiger partial charge is 0.344 e. The summed E-state index contributed by atoms with van der Waals surface area (Å²) in [6.07, 6.45) is 0. The molecule has 0 aliphatic carbocycles. The van der Waals surface area contributed by atoms with E-state index in [9.17, 15) is 9.59 Å². The van der Waals surface area contributed by atoms with E-state index in [1.807, 2.05) is 24.3 Å². The van der Waals surface area contributed by atoms with Crippen molar-refractivity contribution in [3.05, 3.63) is 91.8 Å². The lowest BCUT2D eigenvalue weighted by atomic mass is 9.84. The Morgan fingerprint density at radius 3 is 2.55 bits per heavy atom. The molecule has 0 bridgehead atoms. The van der Waals surface area contributed by atoms with Crippen LogP contribution in [-0.2, 0) is 0 Å². The Bertz CT molecular complexity index is 1370. The minimum absolute atomic E-state index is 0.190. The zero-order chi connectivity index (χ0) is 20.1. The van der Waals surface area contributed by atoms with Gasteiger partial charge in [0.1, 0.15) is 17.2 Å². The molecule has 1 N–H and O–H groups in total. The number of hydrogen-bond donors (Lipinski definition) is 1. The van der Waals surface area contributed by atoms with Gasteiger partial charge in [0.15, 0.2) is 5.75 Å². The number of aromatic amines is 1. The number of benzene rings is 2. The first-order valence-corrected chi connectivity index (χ1v) is 9.05. The molecule has 0 fully saturated rings. The lowest BCUT2D eigenvalue weighted by molar-refractivity contribution is 0.413. The zero-order valence-electron chi connectivity index (χ0n) is 15.7. The third-order valence-corrected chi connectivity index (χ3v) is 5.06. The maximum atomic E-state index is 13.0. The van der Waals surface area contributed by atoms with E-state index in [1.54, 1.807) is 38.3 Å². The molecule has 0 amide bonds. The predicted molar refractivity (Wildman–Crippen MR) is 106 cm³/mol. The molecule has 7 nitrogen and oxygen atoms in total. The van der Waals surface area contributed by atoms with E-state index >= 15 is 0 Å². The van der Waals surface area contributed by atoms with Gasteiger partial charge in [0, 0.05) is 0 Å². The quantitative estimate of drug-likeness (QED) is 0.465. The Morgan fingerprint density at radius 1 is 1.03 bits per heavy atom. The van der Waals surface area contributed by atoms with Crippen LogP contribution in [0, 0.1) is 6.92 Å². The Kier molecular flexibility index (Phi) is 3.77. The van der Waals surface area contributed by atoms with Crippen LogP contribution in [0.2, 0.25) is 0 Å². The molecule has 7 heteroatoms. The molecule has 0 unspecified atom stereocenters. The molecule has 0 saturated heterocycles. The van der Waals surface area contributed by atoms with Crippen molar-refractivity contribution in [3.63, 3.8) is 0 Å². The number of ether oxygens (including phenoxy) is 2. The zero-order valence-corrected chi connectivity index (χ0v) is 15.7. The van der Waals surface area contributed by atoms with Gasteiger partial charge in [-0.25, -0.2) is 4.79 Å². The van der Waals surface area contributed by atoms with Crippen LogP contribution in [-0.4, -0.2) is 17.1 Å². The molecule has 2 aromatic heterocycles. The van der Waals surface area contributed by atoms with Crippen molar-refractivity contribution in [2.45, 2.75) is 12.8 Å². The predicted octanol–water partition coefficient (Wildman–Crippen LogP) is 3.48. The Hall–Kier alpha value is -3.87. The average Bonchev–Trinajstić information content (AvgIpc) is 2.72. The second-order valence-electron chi connectivity index (χ2n) is 6.81. The van der Waals surface area contributed by atoms with E-state index in [0.717, 1.165) is 5.56 Å². The Morgan fingerprint density at radius 2 is 1.79 bits per heavy atom. The summed E-state index contributed by atoms with van der Waals surface area (Å²) in [6.45, 7) is 1.68. The van der Waals surface area contributed by atoms with Gasteiger partial charge >= 0.3 is 5.63 Å². The van der Waals surface area contributed by atoms with E-state index in [0.29, 0.717) is 28.3 Å². The summed E-state index contributed by atoms with van der Waals surface area (Å²) in [5.41, 5.74) is 0.787. The minimum atomic E-state index is -0.683. The number of H-pyrrole nitrogens is 1. The number of methoxy groups -OCH3 is 1. The topological polar surface area (TPSA) is 94.4 Å². The van der Waals surface area contributed by atoms with Crippen molar-refractivity contribution in [3.8, 4) is 17.4 Å². The van der Waals surface area contributed by atoms with Crippen LogP contribution in [0.5, 0.6) is 17.4 Å². The van der Waals surface area contributed by atoms with Gasteiger partial charge in [-0.1, -0.05) is 24.3 Å². The van der Waals surface area contributed by atoms with Crippen LogP contribution in [0.1, 0.15) is 28.4 Å². The van der Waals surface area contributed by atoms with Gasteiger partial charge in [-0.05, 0) is 36.8 Å². The fourth-order valence-electron chi connectivity index (χ4n) is 3.77. The van der Waals surface area contributed by atoms with E-state index in [2.05, 4.69) is 9.97 Å². The molecule has 5 rings (SSSR count). The van der Waals surface area contributed by atoms with Crippen LogP contribution < -0.4 is 20.7 Å². The van der Waals surface area contributed by atoms with Crippen LogP contribution in [0.15, 0.2) is 62.5 Å². The number of fused-ring (bicyclic) bond motifs is 4. The number of para-hydroxylation sites is 1. The highest BCUT2D eigenvalue weighted by atomic mass is 16.5. The van der Waals surface area contributed by atoms with Gasteiger partial charge in [-0.3, -0.25) is 4.79 Å². The summed E-state index contributed by atoms with van der Waals surface area (Å²) < 4.78 is 16.8. The van der Waals surface area contributed by atoms with Crippen LogP contribution in [0.3, 0.4) is 0 Å². The highest BCUT2D eigenvalue weighted by molar-refractivity contribution is 5.86. The number of aromatic nitrogens is 2. The summed E-state index contributed by atoms with van der Waals surface area (Å²) >= 11 is 0. The fourth-order valence-corrected chi connectivity index (χ4v) is 3.77. The first-order valence-electron chi connectivity index (χ1n) is 9.05. The second kappa shape index (κ2) is 6.34. The average molecular weight is 388 g/mol. The third-order valence-electron chi connectivity index (χ3n) is 5.06. The molecule has 3 heterocycles. The van der Waals surface area contributed by atoms with Crippen molar-refractivity contribution in [1.29, 1.82) is 0 Å². The van der Waals surface area contributed by atoms with Gasteiger partial charge < -0.3 is 18.9 Å². The van der Waals surface area contributed by atoms with Crippen molar-refractivity contribution in [2.24, 2.45) is 0 Å². The molecule has 1 atom stereocenters. The van der Waals surface area contributed by atoms with Crippen molar-refractivity contribution in [2.75, 3.05) is 7.11 Å². The standard InChI is InChI=1S/C22H16N2O5/c1-11-23-20(25)18-16(12-7-9-13(27-2)10-8-12)17-19(29-21(18)24-11)14-5-3-4-6-15(14)28-22(17)26/h3-10,16H,1-2H3,(H,23,24,25)/t16-/m1/s1. The maximum absolute atomic E-state index is 13.0.